The molecule has 0 bridgehead atoms. The predicted octanol–water partition coefficient (Wildman–Crippen LogP) is 1.27. The van der Waals surface area contributed by atoms with E-state index >= 15 is 0 Å². The van der Waals surface area contributed by atoms with Crippen molar-refractivity contribution >= 4 is 14.7 Å². The Morgan fingerprint density at radius 2 is 2.17 bits per heavy atom. The van der Waals surface area contributed by atoms with Crippen LogP contribution in [0.3, 0.4) is 0 Å². The van der Waals surface area contributed by atoms with E-state index in [-0.39, 0.29) is 5.82 Å². The molecule has 1 aromatic rings. The van der Waals surface area contributed by atoms with Gasteiger partial charge in [0.05, 0.1) is 5.69 Å². The van der Waals surface area contributed by atoms with Crippen LogP contribution in [0.4, 0.5) is 0 Å². The molecule has 66 valence electrons. The Morgan fingerprint density at radius 3 is 2.50 bits per heavy atom. The van der Waals surface area contributed by atoms with Crippen LogP contribution in [0.15, 0.2) is 0 Å². The molecule has 0 aliphatic rings. The molecule has 1 rings (SSSR count). The third kappa shape index (κ3) is 1.34. The Kier molecular flexibility index (Phi) is 2.48. The molecule has 1 unspecified atom stereocenters. The van der Waals surface area contributed by atoms with Gasteiger partial charge in [-0.15, -0.1) is 0 Å². The van der Waals surface area contributed by atoms with Crippen molar-refractivity contribution in [2.45, 2.75) is 13.8 Å². The Hall–Kier alpha value is -0.890. The van der Waals surface area contributed by atoms with Crippen LogP contribution in [0.25, 0.3) is 0 Å². The molecule has 12 heavy (non-hydrogen) atoms. The SMILES string of the molecule is CPn1c(C(=O)O)nc(C)c1C. The van der Waals surface area contributed by atoms with E-state index in [1.807, 2.05) is 20.5 Å². The lowest BCUT2D eigenvalue weighted by atomic mass is 10.4. The van der Waals surface area contributed by atoms with Crippen molar-refractivity contribution in [1.29, 1.82) is 0 Å². The zero-order valence-electron chi connectivity index (χ0n) is 7.25. The van der Waals surface area contributed by atoms with E-state index in [1.54, 1.807) is 4.34 Å². The number of carboxylic acids is 1. The Labute approximate surface area is 72.5 Å². The summed E-state index contributed by atoms with van der Waals surface area (Å²) in [6.07, 6.45) is 0. The normalized spacial score (nSPS) is 11.2. The number of aromatic carboxylic acids is 1. The minimum atomic E-state index is -0.958. The molecule has 0 aliphatic carbocycles. The molecule has 0 aliphatic heterocycles. The summed E-state index contributed by atoms with van der Waals surface area (Å²) < 4.78 is 1.72. The highest BCUT2D eigenvalue weighted by Gasteiger charge is 2.15. The highest BCUT2D eigenvalue weighted by molar-refractivity contribution is 7.35. The molecule has 1 heterocycles. The molecule has 1 aromatic heterocycles. The smallest absolute Gasteiger partial charge is 0.372 e. The second-order valence-electron chi connectivity index (χ2n) is 2.47. The lowest BCUT2D eigenvalue weighted by Gasteiger charge is -2.01. The van der Waals surface area contributed by atoms with Gasteiger partial charge in [0.1, 0.15) is 0 Å². The third-order valence-electron chi connectivity index (χ3n) is 1.76. The Balaban J connectivity index is 3.29. The maximum atomic E-state index is 10.7. The van der Waals surface area contributed by atoms with Crippen LogP contribution in [0.5, 0.6) is 0 Å². The van der Waals surface area contributed by atoms with Crippen molar-refractivity contribution in [3.63, 3.8) is 0 Å². The number of aryl methyl sites for hydroxylation is 1. The van der Waals surface area contributed by atoms with Crippen molar-refractivity contribution in [3.05, 3.63) is 17.2 Å². The van der Waals surface area contributed by atoms with Crippen LogP contribution in [0.1, 0.15) is 22.0 Å². The van der Waals surface area contributed by atoms with Gasteiger partial charge in [-0.1, -0.05) is 0 Å². The lowest BCUT2D eigenvalue weighted by Crippen LogP contribution is -2.04. The topological polar surface area (TPSA) is 55.1 Å². The molecular weight excluding hydrogens is 175 g/mol. The van der Waals surface area contributed by atoms with E-state index in [2.05, 4.69) is 4.98 Å². The molecule has 0 saturated carbocycles. The monoisotopic (exact) mass is 186 g/mol. The number of rotatable bonds is 2. The van der Waals surface area contributed by atoms with E-state index < -0.39 is 5.97 Å². The van der Waals surface area contributed by atoms with Crippen molar-refractivity contribution in [3.8, 4) is 0 Å². The number of aromatic nitrogens is 2. The summed E-state index contributed by atoms with van der Waals surface area (Å²) in [5.41, 5.74) is 1.73. The summed E-state index contributed by atoms with van der Waals surface area (Å²) in [5.74, 6) is -0.814. The number of carboxylic acid groups (broad SMARTS) is 1. The Morgan fingerprint density at radius 1 is 1.58 bits per heavy atom. The Bertz CT molecular complexity index is 319. The van der Waals surface area contributed by atoms with E-state index in [1.165, 1.54) is 0 Å². The second-order valence-corrected chi connectivity index (χ2v) is 3.36. The third-order valence-corrected chi connectivity index (χ3v) is 2.75. The van der Waals surface area contributed by atoms with Gasteiger partial charge >= 0.3 is 5.97 Å². The zero-order valence-corrected chi connectivity index (χ0v) is 8.25. The summed E-state index contributed by atoms with van der Waals surface area (Å²) in [6.45, 7) is 5.63. The maximum Gasteiger partial charge on any atom is 0.372 e. The summed E-state index contributed by atoms with van der Waals surface area (Å²) in [4.78, 5) is 14.6. The molecule has 0 saturated heterocycles. The van der Waals surface area contributed by atoms with Crippen LogP contribution in [-0.4, -0.2) is 27.1 Å². The van der Waals surface area contributed by atoms with Crippen molar-refractivity contribution in [1.82, 2.24) is 9.32 Å². The molecule has 5 heteroatoms. The van der Waals surface area contributed by atoms with Crippen molar-refractivity contribution < 1.29 is 9.90 Å². The fourth-order valence-electron chi connectivity index (χ4n) is 1.03. The lowest BCUT2D eigenvalue weighted by molar-refractivity contribution is 0.0683. The molecule has 0 fully saturated rings. The van der Waals surface area contributed by atoms with Crippen LogP contribution < -0.4 is 0 Å². The summed E-state index contributed by atoms with van der Waals surface area (Å²) in [7, 11) is 0.415. The van der Waals surface area contributed by atoms with Gasteiger partial charge in [0.25, 0.3) is 0 Å². The van der Waals surface area contributed by atoms with Gasteiger partial charge in [0.2, 0.25) is 5.82 Å². The van der Waals surface area contributed by atoms with Crippen LogP contribution in [0, 0.1) is 13.8 Å². The minimum absolute atomic E-state index is 0.144. The largest absolute Gasteiger partial charge is 0.475 e. The van der Waals surface area contributed by atoms with Crippen molar-refractivity contribution in [2.24, 2.45) is 0 Å². The maximum absolute atomic E-state index is 10.7. The van der Waals surface area contributed by atoms with Crippen LogP contribution in [-0.2, 0) is 0 Å². The fraction of sp³-hybridized carbons (Fsp3) is 0.429. The average molecular weight is 186 g/mol. The van der Waals surface area contributed by atoms with Gasteiger partial charge in [-0.05, 0) is 29.2 Å². The number of carbonyl (C=O) groups is 1. The highest BCUT2D eigenvalue weighted by Crippen LogP contribution is 2.19. The van der Waals surface area contributed by atoms with Crippen LogP contribution in [0.2, 0.25) is 0 Å². The van der Waals surface area contributed by atoms with E-state index in [0.717, 1.165) is 11.4 Å². The van der Waals surface area contributed by atoms with E-state index in [4.69, 9.17) is 5.11 Å². The predicted molar refractivity (Wildman–Crippen MR) is 48.3 cm³/mol. The van der Waals surface area contributed by atoms with Gasteiger partial charge in [0.15, 0.2) is 0 Å². The van der Waals surface area contributed by atoms with Gasteiger partial charge in [-0.25, -0.2) is 9.78 Å². The number of hydrogen-bond donors (Lipinski definition) is 1. The molecule has 0 radical (unpaired) electrons. The standard InChI is InChI=1S/C7H11N2O2P/c1-4-5(2)9(12-3)6(8-4)7(10)11/h12H,1-3H3,(H,10,11). The molecule has 1 atom stereocenters. The van der Waals surface area contributed by atoms with Gasteiger partial charge in [0, 0.05) is 5.69 Å². The first-order chi connectivity index (χ1) is 5.57. The first kappa shape index (κ1) is 9.20. The second kappa shape index (κ2) is 3.23. The summed E-state index contributed by atoms with van der Waals surface area (Å²) in [5, 5.41) is 8.76. The first-order valence-electron chi connectivity index (χ1n) is 3.55. The number of nitrogens with zero attached hydrogens (tertiary/aromatic N) is 2. The summed E-state index contributed by atoms with van der Waals surface area (Å²) >= 11 is 0. The molecule has 1 N–H and O–H groups in total. The molecule has 0 spiro atoms. The quantitative estimate of drug-likeness (QED) is 0.707. The fourth-order valence-corrected chi connectivity index (χ4v) is 1.88. The average Bonchev–Trinajstić information content (AvgIpc) is 2.29. The van der Waals surface area contributed by atoms with Gasteiger partial charge in [-0.3, -0.25) is 0 Å². The molecule has 0 amide bonds. The molecular formula is C7H11N2O2P. The molecule has 4 nitrogen and oxygen atoms in total. The van der Waals surface area contributed by atoms with Gasteiger partial charge in [-0.2, -0.15) is 0 Å². The van der Waals surface area contributed by atoms with E-state index in [9.17, 15) is 4.79 Å². The minimum Gasteiger partial charge on any atom is -0.475 e. The molecule has 0 aromatic carbocycles. The number of hydrogen-bond acceptors (Lipinski definition) is 2. The highest BCUT2D eigenvalue weighted by atomic mass is 31.1. The number of imidazole rings is 1. The first-order valence-corrected chi connectivity index (χ1v) is 4.99. The van der Waals surface area contributed by atoms with Gasteiger partial charge < -0.3 is 9.44 Å². The van der Waals surface area contributed by atoms with E-state index in [0.29, 0.717) is 8.73 Å². The zero-order chi connectivity index (χ0) is 9.30. The summed E-state index contributed by atoms with van der Waals surface area (Å²) in [6, 6.07) is 0. The van der Waals surface area contributed by atoms with Crippen LogP contribution >= 0.6 is 8.73 Å². The van der Waals surface area contributed by atoms with Crippen molar-refractivity contribution in [2.75, 3.05) is 6.66 Å².